The van der Waals surface area contributed by atoms with Crippen LogP contribution in [0.5, 0.6) is 11.5 Å². The molecule has 0 bridgehead atoms. The van der Waals surface area contributed by atoms with E-state index < -0.39 is 0 Å². The zero-order chi connectivity index (χ0) is 23.0. The van der Waals surface area contributed by atoms with Gasteiger partial charge in [0.15, 0.2) is 0 Å². The number of amides is 1. The Balaban J connectivity index is 1.44. The highest BCUT2D eigenvalue weighted by Gasteiger charge is 2.18. The Hall–Kier alpha value is -3.80. The monoisotopic (exact) mass is 443 g/mol. The molecule has 0 spiro atoms. The van der Waals surface area contributed by atoms with E-state index in [0.717, 1.165) is 33.9 Å². The number of nitrogens with one attached hydrogen (secondary N) is 1. The van der Waals surface area contributed by atoms with Gasteiger partial charge in [0, 0.05) is 12.5 Å². The lowest BCUT2D eigenvalue weighted by Crippen LogP contribution is -2.29. The van der Waals surface area contributed by atoms with Crippen LogP contribution in [0.4, 0.5) is 0 Å². The summed E-state index contributed by atoms with van der Waals surface area (Å²) in [6.45, 7) is 3.05. The molecule has 1 atom stereocenters. The quantitative estimate of drug-likeness (QED) is 0.377. The number of benzene rings is 3. The van der Waals surface area contributed by atoms with Crippen LogP contribution >= 0.6 is 0 Å². The van der Waals surface area contributed by atoms with Crippen molar-refractivity contribution in [2.45, 2.75) is 32.4 Å². The summed E-state index contributed by atoms with van der Waals surface area (Å²) >= 11 is 0. The second-order valence-electron chi connectivity index (χ2n) is 7.91. The van der Waals surface area contributed by atoms with Gasteiger partial charge in [0.25, 0.3) is 0 Å². The Bertz CT molecular complexity index is 1200. The van der Waals surface area contributed by atoms with Gasteiger partial charge in [0.05, 0.1) is 30.7 Å². The second kappa shape index (κ2) is 10.7. The molecule has 3 aromatic carbocycles. The number of hydrogen-bond acceptors (Lipinski definition) is 4. The third-order valence-corrected chi connectivity index (χ3v) is 5.56. The highest BCUT2D eigenvalue weighted by molar-refractivity contribution is 5.78. The first kappa shape index (κ1) is 22.4. The van der Waals surface area contributed by atoms with Gasteiger partial charge in [-0.25, -0.2) is 4.98 Å². The maximum atomic E-state index is 12.6. The molecular formula is C27H29N3O3. The van der Waals surface area contributed by atoms with Crippen molar-refractivity contribution in [3.8, 4) is 11.5 Å². The Morgan fingerprint density at radius 1 is 1.00 bits per heavy atom. The van der Waals surface area contributed by atoms with Crippen LogP contribution in [0.15, 0.2) is 78.9 Å². The van der Waals surface area contributed by atoms with E-state index in [2.05, 4.69) is 9.88 Å². The third kappa shape index (κ3) is 5.71. The maximum absolute atomic E-state index is 12.6. The normalized spacial score (nSPS) is 11.8. The van der Waals surface area contributed by atoms with Gasteiger partial charge in [-0.2, -0.15) is 0 Å². The number of carbonyl (C=O) groups is 1. The van der Waals surface area contributed by atoms with E-state index in [4.69, 9.17) is 14.5 Å². The topological polar surface area (TPSA) is 65.4 Å². The molecule has 0 radical (unpaired) electrons. The summed E-state index contributed by atoms with van der Waals surface area (Å²) in [4.78, 5) is 17.4. The van der Waals surface area contributed by atoms with Crippen LogP contribution in [0.25, 0.3) is 11.0 Å². The van der Waals surface area contributed by atoms with Gasteiger partial charge in [-0.3, -0.25) is 4.79 Å². The van der Waals surface area contributed by atoms with Gasteiger partial charge in [0.2, 0.25) is 5.91 Å². The molecule has 6 nitrogen and oxygen atoms in total. The predicted molar refractivity (Wildman–Crippen MR) is 130 cm³/mol. The fraction of sp³-hybridized carbons (Fsp3) is 0.259. The number of aryl methyl sites for hydroxylation is 1. The molecule has 0 saturated carbocycles. The van der Waals surface area contributed by atoms with E-state index in [-0.39, 0.29) is 11.9 Å². The van der Waals surface area contributed by atoms with Gasteiger partial charge in [-0.15, -0.1) is 0 Å². The van der Waals surface area contributed by atoms with Gasteiger partial charge < -0.3 is 19.4 Å². The van der Waals surface area contributed by atoms with Crippen LogP contribution in [0.1, 0.15) is 30.8 Å². The third-order valence-electron chi connectivity index (χ3n) is 5.56. The molecule has 4 aromatic rings. The Kier molecular flexibility index (Phi) is 7.25. The summed E-state index contributed by atoms with van der Waals surface area (Å²) in [5.74, 6) is 2.34. The van der Waals surface area contributed by atoms with Gasteiger partial charge in [0.1, 0.15) is 23.9 Å². The molecule has 1 aromatic heterocycles. The molecule has 0 aliphatic heterocycles. The average molecular weight is 444 g/mol. The van der Waals surface area contributed by atoms with E-state index in [0.29, 0.717) is 26.0 Å². The fourth-order valence-electron chi connectivity index (χ4n) is 3.89. The van der Waals surface area contributed by atoms with Crippen molar-refractivity contribution >= 4 is 16.9 Å². The van der Waals surface area contributed by atoms with Gasteiger partial charge in [-0.05, 0) is 43.2 Å². The SMILES string of the molecule is COc1cccc(OCCn2c(C(C)NC(=O)CCc3ccccc3)nc3ccccc32)c1. The molecule has 33 heavy (non-hydrogen) atoms. The van der Waals surface area contributed by atoms with Crippen molar-refractivity contribution in [2.75, 3.05) is 13.7 Å². The zero-order valence-corrected chi connectivity index (χ0v) is 19.0. The minimum Gasteiger partial charge on any atom is -0.497 e. The zero-order valence-electron chi connectivity index (χ0n) is 19.0. The fourth-order valence-corrected chi connectivity index (χ4v) is 3.89. The summed E-state index contributed by atoms with van der Waals surface area (Å²) in [7, 11) is 1.64. The number of aromatic nitrogens is 2. The van der Waals surface area contributed by atoms with E-state index in [9.17, 15) is 4.79 Å². The van der Waals surface area contributed by atoms with E-state index in [1.807, 2.05) is 85.8 Å². The Morgan fingerprint density at radius 2 is 1.76 bits per heavy atom. The van der Waals surface area contributed by atoms with Crippen LogP contribution in [0.3, 0.4) is 0 Å². The number of nitrogens with zero attached hydrogens (tertiary/aromatic N) is 2. The average Bonchev–Trinajstić information content (AvgIpc) is 3.22. The van der Waals surface area contributed by atoms with Crippen molar-refractivity contribution in [1.82, 2.24) is 14.9 Å². The highest BCUT2D eigenvalue weighted by atomic mass is 16.5. The standard InChI is InChI=1S/C27H29N3O3/c1-20(28-26(31)16-15-21-9-4-3-5-10-21)27-29-24-13-6-7-14-25(24)30(27)17-18-33-23-12-8-11-22(19-23)32-2/h3-14,19-20H,15-18H2,1-2H3,(H,28,31). The van der Waals surface area contributed by atoms with E-state index in [1.165, 1.54) is 0 Å². The number of ether oxygens (including phenoxy) is 2. The largest absolute Gasteiger partial charge is 0.497 e. The van der Waals surface area contributed by atoms with Crippen molar-refractivity contribution in [1.29, 1.82) is 0 Å². The molecule has 0 aliphatic carbocycles. The number of methoxy groups -OCH3 is 1. The first-order chi connectivity index (χ1) is 16.1. The van der Waals surface area contributed by atoms with Crippen molar-refractivity contribution < 1.29 is 14.3 Å². The molecule has 1 heterocycles. The van der Waals surface area contributed by atoms with Crippen molar-refractivity contribution in [2.24, 2.45) is 0 Å². The smallest absolute Gasteiger partial charge is 0.220 e. The first-order valence-corrected chi connectivity index (χ1v) is 11.2. The Morgan fingerprint density at radius 3 is 2.58 bits per heavy atom. The number of imidazole rings is 1. The van der Waals surface area contributed by atoms with E-state index in [1.54, 1.807) is 7.11 Å². The lowest BCUT2D eigenvalue weighted by molar-refractivity contribution is -0.121. The number of rotatable bonds is 10. The van der Waals surface area contributed by atoms with Crippen molar-refractivity contribution in [3.05, 3.63) is 90.3 Å². The summed E-state index contributed by atoms with van der Waals surface area (Å²) in [6, 6.07) is 25.4. The minimum atomic E-state index is -0.225. The molecule has 4 rings (SSSR count). The maximum Gasteiger partial charge on any atom is 0.220 e. The Labute approximate surface area is 194 Å². The molecule has 170 valence electrons. The summed E-state index contributed by atoms with van der Waals surface area (Å²) < 4.78 is 13.3. The number of hydrogen-bond donors (Lipinski definition) is 1. The van der Waals surface area contributed by atoms with Gasteiger partial charge in [-0.1, -0.05) is 48.5 Å². The molecule has 1 unspecified atom stereocenters. The second-order valence-corrected chi connectivity index (χ2v) is 7.91. The molecule has 1 amide bonds. The van der Waals surface area contributed by atoms with Crippen LogP contribution in [0.2, 0.25) is 0 Å². The first-order valence-electron chi connectivity index (χ1n) is 11.2. The molecule has 6 heteroatoms. The van der Waals surface area contributed by atoms with Crippen molar-refractivity contribution in [3.63, 3.8) is 0 Å². The molecule has 0 fully saturated rings. The summed E-state index contributed by atoms with van der Waals surface area (Å²) in [5.41, 5.74) is 3.08. The number of carbonyl (C=O) groups excluding carboxylic acids is 1. The molecular weight excluding hydrogens is 414 g/mol. The molecule has 0 saturated heterocycles. The molecule has 1 N–H and O–H groups in total. The predicted octanol–water partition coefficient (Wildman–Crippen LogP) is 4.93. The lowest BCUT2D eigenvalue weighted by Gasteiger charge is -2.17. The van der Waals surface area contributed by atoms with Crippen LogP contribution in [-0.4, -0.2) is 29.2 Å². The van der Waals surface area contributed by atoms with Crippen LogP contribution in [-0.2, 0) is 17.8 Å². The van der Waals surface area contributed by atoms with E-state index >= 15 is 0 Å². The highest BCUT2D eigenvalue weighted by Crippen LogP contribution is 2.22. The number of fused-ring (bicyclic) bond motifs is 1. The minimum absolute atomic E-state index is 0.0117. The summed E-state index contributed by atoms with van der Waals surface area (Å²) in [6.07, 6.45) is 1.15. The van der Waals surface area contributed by atoms with Crippen LogP contribution in [0, 0.1) is 0 Å². The number of para-hydroxylation sites is 2. The lowest BCUT2D eigenvalue weighted by atomic mass is 10.1. The molecule has 0 aliphatic rings. The van der Waals surface area contributed by atoms with Gasteiger partial charge >= 0.3 is 0 Å². The van der Waals surface area contributed by atoms with Crippen LogP contribution < -0.4 is 14.8 Å². The summed E-state index contributed by atoms with van der Waals surface area (Å²) in [5, 5.41) is 3.11.